The lowest BCUT2D eigenvalue weighted by molar-refractivity contribution is -0.120. The van der Waals surface area contributed by atoms with E-state index in [1.165, 1.54) is 0 Å². The molecule has 1 saturated heterocycles. The van der Waals surface area contributed by atoms with E-state index in [4.69, 9.17) is 0 Å². The third-order valence-corrected chi connectivity index (χ3v) is 3.49. The minimum Gasteiger partial charge on any atom is -0.505 e. The van der Waals surface area contributed by atoms with Crippen LogP contribution in [-0.4, -0.2) is 23.6 Å². The molecule has 1 aromatic carbocycles. The Bertz CT molecular complexity index is 445. The molecule has 1 aromatic rings. The number of carbonyl (C=O) groups excluding carboxylic acids is 1. The zero-order valence-electron chi connectivity index (χ0n) is 10.9. The Balaban J connectivity index is 2.04. The maximum absolute atomic E-state index is 12.1. The van der Waals surface area contributed by atoms with Gasteiger partial charge >= 0.3 is 0 Å². The molecule has 18 heavy (non-hydrogen) atoms. The minimum absolute atomic E-state index is 0.00394. The molecule has 1 amide bonds. The van der Waals surface area contributed by atoms with E-state index in [0.29, 0.717) is 11.7 Å². The number of phenols is 1. The van der Waals surface area contributed by atoms with Crippen LogP contribution in [0.5, 0.6) is 5.75 Å². The van der Waals surface area contributed by atoms with Crippen LogP contribution in [0, 0.1) is 12.8 Å². The number of phenolic OH excluding ortho intramolecular Hbond substituents is 1. The van der Waals surface area contributed by atoms with Gasteiger partial charge in [-0.2, -0.15) is 0 Å². The zero-order valence-corrected chi connectivity index (χ0v) is 10.9. The number of hydrogen-bond acceptors (Lipinski definition) is 3. The number of para-hydroxylation sites is 1. The minimum atomic E-state index is 0.00394. The van der Waals surface area contributed by atoms with E-state index in [1.54, 1.807) is 6.07 Å². The van der Waals surface area contributed by atoms with Gasteiger partial charge in [0.15, 0.2) is 0 Å². The normalized spacial score (nSPS) is 23.7. The van der Waals surface area contributed by atoms with E-state index >= 15 is 0 Å². The van der Waals surface area contributed by atoms with Crippen LogP contribution in [-0.2, 0) is 4.79 Å². The Kier molecular flexibility index (Phi) is 3.87. The molecule has 0 aromatic heterocycles. The lowest BCUT2D eigenvalue weighted by Gasteiger charge is -2.27. The number of benzene rings is 1. The van der Waals surface area contributed by atoms with Crippen LogP contribution in [0.4, 0.5) is 5.69 Å². The summed E-state index contributed by atoms with van der Waals surface area (Å²) in [6.45, 7) is 4.78. The predicted molar refractivity (Wildman–Crippen MR) is 71.7 cm³/mol. The van der Waals surface area contributed by atoms with Crippen LogP contribution in [0.3, 0.4) is 0 Å². The van der Waals surface area contributed by atoms with E-state index in [-0.39, 0.29) is 17.6 Å². The first kappa shape index (κ1) is 12.9. The number of aryl methyl sites for hydroxylation is 1. The standard InChI is InChI=1S/C14H20N2O2/c1-9-4-3-5-12(13(9)17)16-14(18)11-6-7-15-10(2)8-11/h3-5,10-11,15,17H,6-8H2,1-2H3,(H,16,18). The SMILES string of the molecule is Cc1cccc(NC(=O)C2CCNC(C)C2)c1O. The maximum atomic E-state index is 12.1. The first-order valence-corrected chi connectivity index (χ1v) is 6.40. The molecule has 2 atom stereocenters. The fourth-order valence-corrected chi connectivity index (χ4v) is 2.36. The second kappa shape index (κ2) is 5.40. The summed E-state index contributed by atoms with van der Waals surface area (Å²) in [7, 11) is 0. The summed E-state index contributed by atoms with van der Waals surface area (Å²) in [5.74, 6) is 0.193. The van der Waals surface area contributed by atoms with Crippen molar-refractivity contribution < 1.29 is 9.90 Å². The highest BCUT2D eigenvalue weighted by Gasteiger charge is 2.25. The first-order valence-electron chi connectivity index (χ1n) is 6.40. The van der Waals surface area contributed by atoms with Gasteiger partial charge in [-0.15, -0.1) is 0 Å². The fraction of sp³-hybridized carbons (Fsp3) is 0.500. The molecular formula is C14H20N2O2. The summed E-state index contributed by atoms with van der Waals surface area (Å²) >= 11 is 0. The number of nitrogens with one attached hydrogen (secondary N) is 2. The quantitative estimate of drug-likeness (QED) is 0.702. The highest BCUT2D eigenvalue weighted by molar-refractivity contribution is 5.94. The van der Waals surface area contributed by atoms with Crippen molar-refractivity contribution in [1.29, 1.82) is 0 Å². The van der Waals surface area contributed by atoms with Crippen LogP contribution >= 0.6 is 0 Å². The number of hydrogen-bond donors (Lipinski definition) is 3. The molecule has 1 heterocycles. The molecule has 2 rings (SSSR count). The van der Waals surface area contributed by atoms with E-state index in [1.807, 2.05) is 19.1 Å². The molecule has 2 unspecified atom stereocenters. The van der Waals surface area contributed by atoms with Gasteiger partial charge in [0.05, 0.1) is 5.69 Å². The summed E-state index contributed by atoms with van der Waals surface area (Å²) < 4.78 is 0. The van der Waals surface area contributed by atoms with Crippen molar-refractivity contribution >= 4 is 11.6 Å². The molecule has 1 fully saturated rings. The maximum Gasteiger partial charge on any atom is 0.227 e. The van der Waals surface area contributed by atoms with E-state index in [0.717, 1.165) is 24.9 Å². The molecule has 4 heteroatoms. The average Bonchev–Trinajstić information content (AvgIpc) is 2.35. The molecule has 0 aliphatic carbocycles. The first-order chi connectivity index (χ1) is 8.58. The number of rotatable bonds is 2. The summed E-state index contributed by atoms with van der Waals surface area (Å²) in [6.07, 6.45) is 1.70. The Morgan fingerprint density at radius 2 is 2.28 bits per heavy atom. The van der Waals surface area contributed by atoms with Crippen LogP contribution in [0.1, 0.15) is 25.3 Å². The number of amides is 1. The van der Waals surface area contributed by atoms with Gasteiger partial charge in [-0.3, -0.25) is 4.79 Å². The van der Waals surface area contributed by atoms with Gasteiger partial charge in [0.2, 0.25) is 5.91 Å². The van der Waals surface area contributed by atoms with Crippen LogP contribution in [0.15, 0.2) is 18.2 Å². The van der Waals surface area contributed by atoms with Crippen molar-refractivity contribution in [2.75, 3.05) is 11.9 Å². The second-order valence-electron chi connectivity index (χ2n) is 5.04. The molecule has 1 aliphatic rings. The van der Waals surface area contributed by atoms with Gasteiger partial charge in [0.25, 0.3) is 0 Å². The van der Waals surface area contributed by atoms with Gasteiger partial charge in [0.1, 0.15) is 5.75 Å². The molecular weight excluding hydrogens is 228 g/mol. The summed E-state index contributed by atoms with van der Waals surface area (Å²) in [6, 6.07) is 5.75. The van der Waals surface area contributed by atoms with Crippen molar-refractivity contribution in [3.63, 3.8) is 0 Å². The number of aromatic hydroxyl groups is 1. The van der Waals surface area contributed by atoms with Crippen LogP contribution in [0.2, 0.25) is 0 Å². The van der Waals surface area contributed by atoms with Crippen molar-refractivity contribution in [3.05, 3.63) is 23.8 Å². The van der Waals surface area contributed by atoms with Crippen molar-refractivity contribution in [3.8, 4) is 5.75 Å². The van der Waals surface area contributed by atoms with E-state index in [2.05, 4.69) is 17.6 Å². The molecule has 3 N–H and O–H groups in total. The number of piperidine rings is 1. The van der Waals surface area contributed by atoms with Gasteiger partial charge < -0.3 is 15.7 Å². The molecule has 1 aliphatic heterocycles. The van der Waals surface area contributed by atoms with Gasteiger partial charge in [-0.25, -0.2) is 0 Å². The highest BCUT2D eigenvalue weighted by Crippen LogP contribution is 2.28. The van der Waals surface area contributed by atoms with Gasteiger partial charge in [0, 0.05) is 12.0 Å². The molecule has 0 radical (unpaired) electrons. The van der Waals surface area contributed by atoms with Gasteiger partial charge in [-0.1, -0.05) is 12.1 Å². The monoisotopic (exact) mass is 248 g/mol. The van der Waals surface area contributed by atoms with Gasteiger partial charge in [-0.05, 0) is 44.9 Å². The summed E-state index contributed by atoms with van der Waals surface area (Å²) in [5, 5.41) is 16.0. The Labute approximate surface area is 107 Å². The van der Waals surface area contributed by atoms with E-state index in [9.17, 15) is 9.90 Å². The smallest absolute Gasteiger partial charge is 0.227 e. The highest BCUT2D eigenvalue weighted by atomic mass is 16.3. The average molecular weight is 248 g/mol. The molecule has 0 bridgehead atoms. The summed E-state index contributed by atoms with van der Waals surface area (Å²) in [4.78, 5) is 12.1. The number of anilines is 1. The van der Waals surface area contributed by atoms with Crippen molar-refractivity contribution in [2.24, 2.45) is 5.92 Å². The van der Waals surface area contributed by atoms with Crippen molar-refractivity contribution in [2.45, 2.75) is 32.7 Å². The lowest BCUT2D eigenvalue weighted by atomic mass is 9.92. The Hall–Kier alpha value is -1.55. The second-order valence-corrected chi connectivity index (χ2v) is 5.04. The van der Waals surface area contributed by atoms with Crippen molar-refractivity contribution in [1.82, 2.24) is 5.32 Å². The summed E-state index contributed by atoms with van der Waals surface area (Å²) in [5.41, 5.74) is 1.28. The zero-order chi connectivity index (χ0) is 13.1. The predicted octanol–water partition coefficient (Wildman–Crippen LogP) is 2.03. The molecule has 4 nitrogen and oxygen atoms in total. The Morgan fingerprint density at radius 1 is 1.50 bits per heavy atom. The molecule has 98 valence electrons. The topological polar surface area (TPSA) is 61.4 Å². The van der Waals surface area contributed by atoms with E-state index < -0.39 is 0 Å². The molecule has 0 spiro atoms. The van der Waals surface area contributed by atoms with Crippen LogP contribution < -0.4 is 10.6 Å². The molecule has 0 saturated carbocycles. The number of carbonyl (C=O) groups is 1. The third kappa shape index (κ3) is 2.82. The fourth-order valence-electron chi connectivity index (χ4n) is 2.36. The third-order valence-electron chi connectivity index (χ3n) is 3.49. The Morgan fingerprint density at radius 3 is 3.00 bits per heavy atom. The lowest BCUT2D eigenvalue weighted by Crippen LogP contribution is -2.40. The largest absolute Gasteiger partial charge is 0.505 e. The van der Waals surface area contributed by atoms with Crippen LogP contribution in [0.25, 0.3) is 0 Å².